The van der Waals surface area contributed by atoms with Gasteiger partial charge in [-0.25, -0.2) is 0 Å². The molecule has 1 aliphatic rings. The van der Waals surface area contributed by atoms with Gasteiger partial charge < -0.3 is 15.4 Å². The lowest BCUT2D eigenvalue weighted by molar-refractivity contribution is -0.134. The molecule has 2 atom stereocenters. The quantitative estimate of drug-likeness (QED) is 0.836. The van der Waals surface area contributed by atoms with E-state index in [2.05, 4.69) is 4.98 Å². The number of methoxy groups -OCH3 is 1. The van der Waals surface area contributed by atoms with Gasteiger partial charge in [-0.1, -0.05) is 18.9 Å². The second-order valence-corrected chi connectivity index (χ2v) is 6.04. The van der Waals surface area contributed by atoms with Crippen LogP contribution in [0.2, 0.25) is 0 Å². The zero-order valence-corrected chi connectivity index (χ0v) is 13.4. The average molecular weight is 305 g/mol. The summed E-state index contributed by atoms with van der Waals surface area (Å²) in [7, 11) is 1.65. The highest BCUT2D eigenvalue weighted by Gasteiger charge is 2.26. The van der Waals surface area contributed by atoms with E-state index in [0.717, 1.165) is 18.5 Å². The number of aromatic nitrogens is 1. The molecule has 1 saturated carbocycles. The van der Waals surface area contributed by atoms with Crippen LogP contribution in [0.3, 0.4) is 0 Å². The number of ether oxygens (including phenoxy) is 1. The molecule has 0 radical (unpaired) electrons. The van der Waals surface area contributed by atoms with E-state index in [1.165, 1.54) is 12.8 Å². The van der Waals surface area contributed by atoms with Crippen LogP contribution in [0.25, 0.3) is 0 Å². The highest BCUT2D eigenvalue weighted by molar-refractivity contribution is 5.76. The number of carbonyl (C=O) groups is 1. The van der Waals surface area contributed by atoms with Crippen LogP contribution >= 0.6 is 0 Å². The molecular weight excluding hydrogens is 278 g/mol. The van der Waals surface area contributed by atoms with Crippen molar-refractivity contribution in [3.8, 4) is 0 Å². The molecule has 1 amide bonds. The number of pyridine rings is 1. The van der Waals surface area contributed by atoms with Crippen LogP contribution in [0.1, 0.15) is 37.8 Å². The number of hydrogen-bond donors (Lipinski definition) is 1. The largest absolute Gasteiger partial charge is 0.383 e. The summed E-state index contributed by atoms with van der Waals surface area (Å²) in [6.07, 6.45) is 6.77. The lowest BCUT2D eigenvalue weighted by Crippen LogP contribution is -2.39. The van der Waals surface area contributed by atoms with Gasteiger partial charge in [0.05, 0.1) is 18.8 Å². The molecule has 1 aromatic heterocycles. The van der Waals surface area contributed by atoms with Crippen molar-refractivity contribution in [3.63, 3.8) is 0 Å². The summed E-state index contributed by atoms with van der Waals surface area (Å²) in [6.45, 7) is 1.66. The van der Waals surface area contributed by atoms with Crippen molar-refractivity contribution < 1.29 is 9.53 Å². The number of nitrogens with two attached hydrogens (primary N) is 1. The van der Waals surface area contributed by atoms with Gasteiger partial charge in [0.15, 0.2) is 0 Å². The first-order chi connectivity index (χ1) is 10.7. The molecule has 22 heavy (non-hydrogen) atoms. The van der Waals surface area contributed by atoms with Gasteiger partial charge in [0.2, 0.25) is 5.91 Å². The van der Waals surface area contributed by atoms with Gasteiger partial charge in [0.1, 0.15) is 0 Å². The van der Waals surface area contributed by atoms with Crippen molar-refractivity contribution in [3.05, 3.63) is 30.1 Å². The van der Waals surface area contributed by atoms with Crippen LogP contribution in [-0.2, 0) is 16.1 Å². The fourth-order valence-corrected chi connectivity index (χ4v) is 3.02. The molecule has 1 aromatic rings. The molecule has 2 N–H and O–H groups in total. The van der Waals surface area contributed by atoms with Crippen molar-refractivity contribution in [2.45, 2.75) is 44.7 Å². The number of amides is 1. The van der Waals surface area contributed by atoms with E-state index in [1.807, 2.05) is 23.1 Å². The van der Waals surface area contributed by atoms with E-state index >= 15 is 0 Å². The normalized spacial score (nSPS) is 21.5. The summed E-state index contributed by atoms with van der Waals surface area (Å²) in [5.74, 6) is 0.472. The Bertz CT molecular complexity index is 452. The van der Waals surface area contributed by atoms with E-state index in [9.17, 15) is 4.79 Å². The maximum absolute atomic E-state index is 12.7. The molecule has 0 spiro atoms. The zero-order chi connectivity index (χ0) is 15.8. The highest BCUT2D eigenvalue weighted by Crippen LogP contribution is 2.26. The minimum atomic E-state index is 0.157. The van der Waals surface area contributed by atoms with E-state index in [0.29, 0.717) is 32.0 Å². The smallest absolute Gasteiger partial charge is 0.223 e. The van der Waals surface area contributed by atoms with Gasteiger partial charge in [-0.15, -0.1) is 0 Å². The number of hydrogen-bond acceptors (Lipinski definition) is 4. The maximum atomic E-state index is 12.7. The molecule has 5 nitrogen and oxygen atoms in total. The highest BCUT2D eigenvalue weighted by atomic mass is 16.5. The SMILES string of the molecule is COCCN(Cc1ccccn1)C(=O)CC1CCCCC1N. The molecule has 1 fully saturated rings. The summed E-state index contributed by atoms with van der Waals surface area (Å²) in [4.78, 5) is 18.8. The monoisotopic (exact) mass is 305 g/mol. The second kappa shape index (κ2) is 8.86. The van der Waals surface area contributed by atoms with Gasteiger partial charge in [0, 0.05) is 32.3 Å². The topological polar surface area (TPSA) is 68.5 Å². The van der Waals surface area contributed by atoms with Crippen LogP contribution in [-0.4, -0.2) is 42.1 Å². The summed E-state index contributed by atoms with van der Waals surface area (Å²) >= 11 is 0. The first-order valence-electron chi connectivity index (χ1n) is 8.13. The maximum Gasteiger partial charge on any atom is 0.223 e. The van der Waals surface area contributed by atoms with Crippen molar-refractivity contribution in [1.82, 2.24) is 9.88 Å². The first-order valence-corrected chi connectivity index (χ1v) is 8.13. The molecule has 1 heterocycles. The predicted molar refractivity (Wildman–Crippen MR) is 86.1 cm³/mol. The molecule has 0 aliphatic heterocycles. The Balaban J connectivity index is 1.96. The summed E-state index contributed by atoms with van der Waals surface area (Å²) in [5, 5.41) is 0. The average Bonchev–Trinajstić information content (AvgIpc) is 2.54. The van der Waals surface area contributed by atoms with Gasteiger partial charge in [-0.3, -0.25) is 9.78 Å². The first kappa shape index (κ1) is 16.9. The lowest BCUT2D eigenvalue weighted by Gasteiger charge is -2.30. The number of nitrogens with zero attached hydrogens (tertiary/aromatic N) is 2. The van der Waals surface area contributed by atoms with Crippen molar-refractivity contribution >= 4 is 5.91 Å². The van der Waals surface area contributed by atoms with Crippen molar-refractivity contribution in [2.24, 2.45) is 11.7 Å². The number of rotatable bonds is 7. The molecule has 5 heteroatoms. The van der Waals surface area contributed by atoms with Crippen molar-refractivity contribution in [1.29, 1.82) is 0 Å². The van der Waals surface area contributed by atoms with Crippen LogP contribution < -0.4 is 5.73 Å². The van der Waals surface area contributed by atoms with Crippen molar-refractivity contribution in [2.75, 3.05) is 20.3 Å². The Kier molecular flexibility index (Phi) is 6.80. The molecule has 1 aliphatic carbocycles. The van der Waals surface area contributed by atoms with Gasteiger partial charge in [-0.2, -0.15) is 0 Å². The lowest BCUT2D eigenvalue weighted by atomic mass is 9.82. The predicted octanol–water partition coefficient (Wildman–Crippen LogP) is 1.96. The second-order valence-electron chi connectivity index (χ2n) is 6.04. The third kappa shape index (κ3) is 5.07. The van der Waals surface area contributed by atoms with Crippen LogP contribution in [0, 0.1) is 5.92 Å². The molecule has 2 unspecified atom stereocenters. The van der Waals surface area contributed by atoms with E-state index < -0.39 is 0 Å². The third-order valence-electron chi connectivity index (χ3n) is 4.40. The molecular formula is C17H27N3O2. The standard InChI is InChI=1S/C17H27N3O2/c1-22-11-10-20(13-15-7-4-5-9-19-15)17(21)12-14-6-2-3-8-16(14)18/h4-5,7,9,14,16H,2-3,6,8,10-13,18H2,1H3. The van der Waals surface area contributed by atoms with Gasteiger partial charge in [-0.05, 0) is 30.9 Å². The molecule has 122 valence electrons. The fraction of sp³-hybridized carbons (Fsp3) is 0.647. The van der Waals surface area contributed by atoms with Crippen LogP contribution in [0.15, 0.2) is 24.4 Å². The van der Waals surface area contributed by atoms with E-state index in [-0.39, 0.29) is 11.9 Å². The fourth-order valence-electron chi connectivity index (χ4n) is 3.02. The minimum absolute atomic E-state index is 0.157. The van der Waals surface area contributed by atoms with Crippen LogP contribution in [0.4, 0.5) is 0 Å². The Hall–Kier alpha value is -1.46. The van der Waals surface area contributed by atoms with Crippen LogP contribution in [0.5, 0.6) is 0 Å². The number of carbonyl (C=O) groups excluding carboxylic acids is 1. The summed E-state index contributed by atoms with van der Waals surface area (Å²) in [5.41, 5.74) is 7.08. The third-order valence-corrected chi connectivity index (χ3v) is 4.40. The van der Waals surface area contributed by atoms with E-state index in [1.54, 1.807) is 13.3 Å². The van der Waals surface area contributed by atoms with Gasteiger partial charge >= 0.3 is 0 Å². The van der Waals surface area contributed by atoms with Gasteiger partial charge in [0.25, 0.3) is 0 Å². The minimum Gasteiger partial charge on any atom is -0.383 e. The molecule has 0 bridgehead atoms. The molecule has 0 saturated heterocycles. The summed E-state index contributed by atoms with van der Waals surface area (Å²) < 4.78 is 5.13. The zero-order valence-electron chi connectivity index (χ0n) is 13.4. The molecule has 0 aromatic carbocycles. The summed E-state index contributed by atoms with van der Waals surface area (Å²) in [6, 6.07) is 5.93. The molecule has 2 rings (SSSR count). The Morgan fingerprint density at radius 1 is 1.41 bits per heavy atom. The Morgan fingerprint density at radius 3 is 2.91 bits per heavy atom. The Morgan fingerprint density at radius 2 is 2.23 bits per heavy atom. The Labute approximate surface area is 132 Å². The van der Waals surface area contributed by atoms with E-state index in [4.69, 9.17) is 10.5 Å².